The van der Waals surface area contributed by atoms with Crippen molar-refractivity contribution in [1.82, 2.24) is 9.97 Å². The van der Waals surface area contributed by atoms with Crippen molar-refractivity contribution in [3.05, 3.63) is 40.5 Å². The monoisotopic (exact) mass is 187 g/mol. The second kappa shape index (κ2) is 3.40. The summed E-state index contributed by atoms with van der Waals surface area (Å²) < 4.78 is 0. The predicted octanol–water partition coefficient (Wildman–Crippen LogP) is 2.93. The predicted molar refractivity (Wildman–Crippen MR) is 53.7 cm³/mol. The first-order chi connectivity index (χ1) is 6.81. The fourth-order valence-electron chi connectivity index (χ4n) is 1.34. The maximum atomic E-state index is 8.30. The molecule has 0 saturated carbocycles. The number of rotatable bonds is 2. The fraction of sp³-hybridized carbons (Fsp3) is 0.222. The first-order valence-corrected chi connectivity index (χ1v) is 4.29. The van der Waals surface area contributed by atoms with Gasteiger partial charge in [-0.3, -0.25) is 0 Å². The number of fused-ring (bicyclic) bond motifs is 1. The van der Waals surface area contributed by atoms with Crippen molar-refractivity contribution in [3.63, 3.8) is 0 Å². The standard InChI is InChI=1S/C9H9N5/c1-6(13-14-10)8-5-7-3-2-4-11-9(7)12-8/h2-6H,1H3,(H,11,12). The van der Waals surface area contributed by atoms with E-state index in [4.69, 9.17) is 5.53 Å². The van der Waals surface area contributed by atoms with E-state index in [0.29, 0.717) is 0 Å². The van der Waals surface area contributed by atoms with Crippen molar-refractivity contribution in [2.45, 2.75) is 13.0 Å². The van der Waals surface area contributed by atoms with Crippen molar-refractivity contribution < 1.29 is 0 Å². The van der Waals surface area contributed by atoms with Crippen molar-refractivity contribution in [2.75, 3.05) is 0 Å². The molecule has 0 saturated heterocycles. The van der Waals surface area contributed by atoms with Crippen LogP contribution in [0.2, 0.25) is 0 Å². The zero-order valence-corrected chi connectivity index (χ0v) is 7.68. The molecule has 70 valence electrons. The molecule has 2 rings (SSSR count). The Morgan fingerprint density at radius 2 is 2.50 bits per heavy atom. The number of aromatic nitrogens is 2. The van der Waals surface area contributed by atoms with E-state index in [1.807, 2.05) is 25.1 Å². The molecular formula is C9H9N5. The van der Waals surface area contributed by atoms with E-state index in [9.17, 15) is 0 Å². The van der Waals surface area contributed by atoms with Crippen LogP contribution in [-0.2, 0) is 0 Å². The van der Waals surface area contributed by atoms with Gasteiger partial charge in [-0.15, -0.1) is 0 Å². The van der Waals surface area contributed by atoms with E-state index >= 15 is 0 Å². The van der Waals surface area contributed by atoms with Crippen LogP contribution in [0.4, 0.5) is 0 Å². The largest absolute Gasteiger partial charge is 0.343 e. The maximum absolute atomic E-state index is 8.30. The third-order valence-corrected chi connectivity index (χ3v) is 2.09. The number of nitrogens with one attached hydrogen (secondary N) is 1. The van der Waals surface area contributed by atoms with E-state index in [1.54, 1.807) is 6.20 Å². The molecule has 2 aromatic rings. The summed E-state index contributed by atoms with van der Waals surface area (Å²) >= 11 is 0. The van der Waals surface area contributed by atoms with Crippen LogP contribution in [0.15, 0.2) is 29.5 Å². The molecule has 0 amide bonds. The molecule has 0 aliphatic heterocycles. The number of pyridine rings is 1. The highest BCUT2D eigenvalue weighted by Gasteiger charge is 2.06. The number of hydrogen-bond donors (Lipinski definition) is 1. The Bertz CT molecular complexity index is 462. The zero-order chi connectivity index (χ0) is 9.97. The minimum atomic E-state index is -0.186. The molecule has 1 N–H and O–H groups in total. The molecule has 5 nitrogen and oxygen atoms in total. The Morgan fingerprint density at radius 3 is 3.21 bits per heavy atom. The fourth-order valence-corrected chi connectivity index (χ4v) is 1.34. The highest BCUT2D eigenvalue weighted by atomic mass is 15.2. The first kappa shape index (κ1) is 8.59. The van der Waals surface area contributed by atoms with Crippen molar-refractivity contribution in [3.8, 4) is 0 Å². The minimum absolute atomic E-state index is 0.186. The lowest BCUT2D eigenvalue weighted by Gasteiger charge is -1.97. The van der Waals surface area contributed by atoms with E-state index in [2.05, 4.69) is 20.0 Å². The number of aromatic amines is 1. The molecule has 2 heterocycles. The molecule has 14 heavy (non-hydrogen) atoms. The van der Waals surface area contributed by atoms with Gasteiger partial charge in [0.2, 0.25) is 0 Å². The number of azide groups is 1. The van der Waals surface area contributed by atoms with Crippen LogP contribution in [0.5, 0.6) is 0 Å². The summed E-state index contributed by atoms with van der Waals surface area (Å²) in [5.41, 5.74) is 10.0. The van der Waals surface area contributed by atoms with Gasteiger partial charge < -0.3 is 4.98 Å². The average molecular weight is 187 g/mol. The van der Waals surface area contributed by atoms with Gasteiger partial charge in [0.15, 0.2) is 0 Å². The molecular weight excluding hydrogens is 178 g/mol. The Hall–Kier alpha value is -2.00. The molecule has 0 fully saturated rings. The Kier molecular flexibility index (Phi) is 2.08. The summed E-state index contributed by atoms with van der Waals surface area (Å²) in [4.78, 5) is 10.0. The van der Waals surface area contributed by atoms with Crippen LogP contribution in [0.3, 0.4) is 0 Å². The Balaban J connectivity index is 2.49. The van der Waals surface area contributed by atoms with Gasteiger partial charge in [0.1, 0.15) is 5.65 Å². The Morgan fingerprint density at radius 1 is 1.64 bits per heavy atom. The normalized spacial score (nSPS) is 12.4. The number of nitrogens with zero attached hydrogens (tertiary/aromatic N) is 4. The highest BCUT2D eigenvalue weighted by Crippen LogP contribution is 2.20. The maximum Gasteiger partial charge on any atom is 0.137 e. The highest BCUT2D eigenvalue weighted by molar-refractivity contribution is 5.76. The van der Waals surface area contributed by atoms with Crippen molar-refractivity contribution >= 4 is 11.0 Å². The summed E-state index contributed by atoms with van der Waals surface area (Å²) in [6.07, 6.45) is 1.72. The van der Waals surface area contributed by atoms with E-state index < -0.39 is 0 Å². The van der Waals surface area contributed by atoms with Gasteiger partial charge in [-0.2, -0.15) is 0 Å². The van der Waals surface area contributed by atoms with Crippen LogP contribution in [0.25, 0.3) is 21.5 Å². The minimum Gasteiger partial charge on any atom is -0.343 e. The SMILES string of the molecule is CC(N=[N+]=[N-])c1cc2cccnc2[nH]1. The van der Waals surface area contributed by atoms with Gasteiger partial charge in [-0.05, 0) is 23.7 Å². The van der Waals surface area contributed by atoms with Crippen LogP contribution in [0, 0.1) is 0 Å². The molecule has 2 aromatic heterocycles. The van der Waals surface area contributed by atoms with Gasteiger partial charge in [0, 0.05) is 22.2 Å². The molecule has 0 bridgehead atoms. The molecule has 0 radical (unpaired) electrons. The van der Waals surface area contributed by atoms with Crippen LogP contribution < -0.4 is 0 Å². The number of H-pyrrole nitrogens is 1. The Labute approximate surface area is 80.4 Å². The summed E-state index contributed by atoms with van der Waals surface area (Å²) in [6, 6.07) is 5.60. The van der Waals surface area contributed by atoms with Crippen LogP contribution in [-0.4, -0.2) is 9.97 Å². The lowest BCUT2D eigenvalue weighted by Crippen LogP contribution is -1.86. The lowest BCUT2D eigenvalue weighted by atomic mass is 10.2. The van der Waals surface area contributed by atoms with Gasteiger partial charge >= 0.3 is 0 Å². The second-order valence-electron chi connectivity index (χ2n) is 3.05. The van der Waals surface area contributed by atoms with Gasteiger partial charge in [-0.1, -0.05) is 12.0 Å². The van der Waals surface area contributed by atoms with E-state index in [1.165, 1.54) is 0 Å². The smallest absolute Gasteiger partial charge is 0.137 e. The van der Waals surface area contributed by atoms with Gasteiger partial charge in [0.05, 0.1) is 6.04 Å². The van der Waals surface area contributed by atoms with Crippen LogP contribution in [0.1, 0.15) is 18.7 Å². The quantitative estimate of drug-likeness (QED) is 0.438. The van der Waals surface area contributed by atoms with Crippen molar-refractivity contribution in [1.29, 1.82) is 0 Å². The topological polar surface area (TPSA) is 77.4 Å². The van der Waals surface area contributed by atoms with Gasteiger partial charge in [0.25, 0.3) is 0 Å². The lowest BCUT2D eigenvalue weighted by molar-refractivity contribution is 0.782. The second-order valence-corrected chi connectivity index (χ2v) is 3.05. The van der Waals surface area contributed by atoms with Crippen LogP contribution >= 0.6 is 0 Å². The first-order valence-electron chi connectivity index (χ1n) is 4.29. The molecule has 5 heteroatoms. The molecule has 0 aromatic carbocycles. The molecule has 0 aliphatic rings. The summed E-state index contributed by atoms with van der Waals surface area (Å²) in [5, 5.41) is 4.64. The summed E-state index contributed by atoms with van der Waals surface area (Å²) in [5.74, 6) is 0. The molecule has 0 spiro atoms. The third kappa shape index (κ3) is 1.41. The molecule has 1 unspecified atom stereocenters. The van der Waals surface area contributed by atoms with E-state index in [-0.39, 0.29) is 6.04 Å². The summed E-state index contributed by atoms with van der Waals surface area (Å²) in [7, 11) is 0. The van der Waals surface area contributed by atoms with Crippen molar-refractivity contribution in [2.24, 2.45) is 5.11 Å². The molecule has 0 aliphatic carbocycles. The zero-order valence-electron chi connectivity index (χ0n) is 7.68. The molecule has 1 atom stereocenters. The van der Waals surface area contributed by atoms with Gasteiger partial charge in [-0.25, -0.2) is 4.98 Å². The van der Waals surface area contributed by atoms with E-state index in [0.717, 1.165) is 16.7 Å². The number of hydrogen-bond acceptors (Lipinski definition) is 2. The average Bonchev–Trinajstić information content (AvgIpc) is 2.61. The third-order valence-electron chi connectivity index (χ3n) is 2.09. The summed E-state index contributed by atoms with van der Waals surface area (Å²) in [6.45, 7) is 1.84.